The Morgan fingerprint density at radius 2 is 1.94 bits per heavy atom. The summed E-state index contributed by atoms with van der Waals surface area (Å²) in [7, 11) is 0. The predicted molar refractivity (Wildman–Crippen MR) is 60.5 cm³/mol. The average molecular weight is 230 g/mol. The van der Waals surface area contributed by atoms with Crippen molar-refractivity contribution in [2.24, 2.45) is 0 Å². The van der Waals surface area contributed by atoms with Gasteiger partial charge in [0.25, 0.3) is 0 Å². The zero-order valence-electron chi connectivity index (χ0n) is 9.01. The Labute approximate surface area is 97.4 Å². The first-order valence-corrected chi connectivity index (χ1v) is 5.53. The summed E-state index contributed by atoms with van der Waals surface area (Å²) in [5, 5.41) is 1.06. The van der Waals surface area contributed by atoms with Gasteiger partial charge in [-0.25, -0.2) is 0 Å². The van der Waals surface area contributed by atoms with Gasteiger partial charge >= 0.3 is 5.97 Å². The van der Waals surface area contributed by atoms with E-state index in [1.54, 1.807) is 12.3 Å². The summed E-state index contributed by atoms with van der Waals surface area (Å²) in [6.45, 7) is 1.09. The fourth-order valence-electron chi connectivity index (χ4n) is 2.22. The van der Waals surface area contributed by atoms with Crippen molar-refractivity contribution in [1.29, 1.82) is 0 Å². The van der Waals surface area contributed by atoms with Crippen LogP contribution in [0.5, 0.6) is 5.75 Å². The molecule has 0 amide bonds. The molecule has 1 aromatic heterocycles. The zero-order chi connectivity index (χ0) is 11.3. The summed E-state index contributed by atoms with van der Waals surface area (Å²) >= 11 is 0. The Morgan fingerprint density at radius 1 is 1.06 bits per heavy atom. The van der Waals surface area contributed by atoms with E-state index in [9.17, 15) is 0 Å². The fraction of sp³-hybridized carbons (Fsp3) is 0.231. The van der Waals surface area contributed by atoms with Crippen LogP contribution >= 0.6 is 0 Å². The highest BCUT2D eigenvalue weighted by molar-refractivity contribution is 5.89. The fourth-order valence-corrected chi connectivity index (χ4v) is 2.22. The number of hydrogen-bond acceptors (Lipinski definition) is 4. The van der Waals surface area contributed by atoms with E-state index in [1.165, 1.54) is 0 Å². The van der Waals surface area contributed by atoms with Gasteiger partial charge in [0.1, 0.15) is 11.3 Å². The SMILES string of the molecule is C1=CC2(OCCO2)Oc2ccc3ccoc3c21. The molecule has 1 fully saturated rings. The molecule has 2 aromatic rings. The third-order valence-electron chi connectivity index (χ3n) is 3.02. The van der Waals surface area contributed by atoms with Crippen molar-refractivity contribution in [3.8, 4) is 5.75 Å². The molecule has 4 heteroatoms. The topological polar surface area (TPSA) is 40.8 Å². The van der Waals surface area contributed by atoms with E-state index in [4.69, 9.17) is 18.6 Å². The van der Waals surface area contributed by atoms with Crippen LogP contribution in [0.2, 0.25) is 0 Å². The van der Waals surface area contributed by atoms with E-state index in [-0.39, 0.29) is 0 Å². The third-order valence-corrected chi connectivity index (χ3v) is 3.02. The van der Waals surface area contributed by atoms with Crippen molar-refractivity contribution in [3.63, 3.8) is 0 Å². The van der Waals surface area contributed by atoms with Crippen molar-refractivity contribution in [2.75, 3.05) is 13.2 Å². The Hall–Kier alpha value is -1.78. The lowest BCUT2D eigenvalue weighted by atomic mass is 10.1. The molecule has 4 nitrogen and oxygen atoms in total. The van der Waals surface area contributed by atoms with Crippen LogP contribution in [0.15, 0.2) is 35.0 Å². The highest BCUT2D eigenvalue weighted by Crippen LogP contribution is 2.38. The monoisotopic (exact) mass is 230 g/mol. The molecule has 1 spiro atoms. The molecule has 86 valence electrons. The molecule has 0 N–H and O–H groups in total. The summed E-state index contributed by atoms with van der Waals surface area (Å²) in [5.41, 5.74) is 1.75. The van der Waals surface area contributed by atoms with Crippen molar-refractivity contribution in [2.45, 2.75) is 5.97 Å². The van der Waals surface area contributed by atoms with Crippen LogP contribution in [-0.2, 0) is 9.47 Å². The summed E-state index contributed by atoms with van der Waals surface area (Å²) in [4.78, 5) is 0. The lowest BCUT2D eigenvalue weighted by molar-refractivity contribution is -0.249. The minimum absolute atomic E-state index is 0.544. The highest BCUT2D eigenvalue weighted by atomic mass is 16.9. The quantitative estimate of drug-likeness (QED) is 0.697. The molecular weight excluding hydrogens is 220 g/mol. The smallest absolute Gasteiger partial charge is 0.349 e. The summed E-state index contributed by atoms with van der Waals surface area (Å²) in [6, 6.07) is 5.79. The maximum Gasteiger partial charge on any atom is 0.349 e. The second kappa shape index (κ2) is 3.12. The molecule has 4 rings (SSSR count). The maximum atomic E-state index is 5.77. The average Bonchev–Trinajstić information content (AvgIpc) is 2.98. The van der Waals surface area contributed by atoms with Crippen LogP contribution in [0.1, 0.15) is 5.56 Å². The van der Waals surface area contributed by atoms with E-state index >= 15 is 0 Å². The van der Waals surface area contributed by atoms with Gasteiger partial charge in [-0.15, -0.1) is 0 Å². The van der Waals surface area contributed by atoms with Crippen LogP contribution in [0.4, 0.5) is 0 Å². The number of hydrogen-bond donors (Lipinski definition) is 0. The molecule has 17 heavy (non-hydrogen) atoms. The number of fused-ring (bicyclic) bond motifs is 3. The van der Waals surface area contributed by atoms with E-state index in [2.05, 4.69) is 0 Å². The van der Waals surface area contributed by atoms with E-state index in [0.29, 0.717) is 13.2 Å². The third kappa shape index (κ3) is 1.25. The highest BCUT2D eigenvalue weighted by Gasteiger charge is 2.39. The van der Waals surface area contributed by atoms with Gasteiger partial charge < -0.3 is 18.6 Å². The molecule has 0 aliphatic carbocycles. The van der Waals surface area contributed by atoms with Gasteiger partial charge in [-0.2, -0.15) is 0 Å². The van der Waals surface area contributed by atoms with Gasteiger partial charge in [-0.1, -0.05) is 0 Å². The van der Waals surface area contributed by atoms with Crippen LogP contribution in [-0.4, -0.2) is 19.2 Å². The molecule has 2 aliphatic heterocycles. The number of benzene rings is 1. The molecule has 2 aliphatic rings. The molecule has 0 saturated carbocycles. The van der Waals surface area contributed by atoms with Gasteiger partial charge in [0.2, 0.25) is 0 Å². The molecular formula is C13H10O4. The Kier molecular flexibility index (Phi) is 1.70. The largest absolute Gasteiger partial charge is 0.464 e. The van der Waals surface area contributed by atoms with Gasteiger partial charge in [-0.3, -0.25) is 0 Å². The Morgan fingerprint density at radius 3 is 2.82 bits per heavy atom. The molecule has 0 unspecified atom stereocenters. The van der Waals surface area contributed by atoms with Gasteiger partial charge in [-0.05, 0) is 24.3 Å². The lowest BCUT2D eigenvalue weighted by Crippen LogP contribution is -2.36. The summed E-state index contributed by atoms with van der Waals surface area (Å²) in [5.74, 6) is -0.315. The standard InChI is InChI=1S/C13H10O4/c1-2-11-10(12-9(1)4-6-14-12)3-5-13(17-11)15-7-8-16-13/h1-6H,7-8H2. The maximum absolute atomic E-state index is 5.77. The lowest BCUT2D eigenvalue weighted by Gasteiger charge is -2.28. The van der Waals surface area contributed by atoms with Crippen molar-refractivity contribution in [1.82, 2.24) is 0 Å². The molecule has 0 radical (unpaired) electrons. The van der Waals surface area contributed by atoms with E-state index < -0.39 is 5.97 Å². The first kappa shape index (κ1) is 9.27. The Bertz CT molecular complexity index is 605. The zero-order valence-corrected chi connectivity index (χ0v) is 9.01. The first-order valence-electron chi connectivity index (χ1n) is 5.53. The Balaban J connectivity index is 1.89. The van der Waals surface area contributed by atoms with E-state index in [0.717, 1.165) is 22.3 Å². The van der Waals surface area contributed by atoms with Crippen molar-refractivity contribution in [3.05, 3.63) is 36.1 Å². The normalized spacial score (nSPS) is 20.7. The second-order valence-electron chi connectivity index (χ2n) is 4.05. The summed E-state index contributed by atoms with van der Waals surface area (Å²) in [6.07, 6.45) is 5.38. The molecule has 1 aromatic carbocycles. The number of rotatable bonds is 0. The van der Waals surface area contributed by atoms with Crippen molar-refractivity contribution >= 4 is 17.0 Å². The minimum Gasteiger partial charge on any atom is -0.464 e. The molecule has 0 atom stereocenters. The van der Waals surface area contributed by atoms with Crippen LogP contribution in [0, 0.1) is 0 Å². The minimum atomic E-state index is -1.03. The first-order chi connectivity index (χ1) is 8.36. The van der Waals surface area contributed by atoms with Gasteiger partial charge in [0, 0.05) is 11.5 Å². The molecule has 3 heterocycles. The number of ether oxygens (including phenoxy) is 3. The van der Waals surface area contributed by atoms with Crippen LogP contribution < -0.4 is 4.74 Å². The van der Waals surface area contributed by atoms with Crippen LogP contribution in [0.3, 0.4) is 0 Å². The van der Waals surface area contributed by atoms with Gasteiger partial charge in [0.05, 0.1) is 25.0 Å². The predicted octanol–water partition coefficient (Wildman–Crippen LogP) is 2.54. The molecule has 0 bridgehead atoms. The van der Waals surface area contributed by atoms with E-state index in [1.807, 2.05) is 24.3 Å². The van der Waals surface area contributed by atoms with Crippen LogP contribution in [0.25, 0.3) is 17.0 Å². The summed E-state index contributed by atoms with van der Waals surface area (Å²) < 4.78 is 22.2. The van der Waals surface area contributed by atoms with Gasteiger partial charge in [0.15, 0.2) is 0 Å². The molecule has 1 saturated heterocycles. The number of furan rings is 1. The van der Waals surface area contributed by atoms with Crippen molar-refractivity contribution < 1.29 is 18.6 Å². The second-order valence-corrected chi connectivity index (χ2v) is 4.05.